The Balaban J connectivity index is 1.88. The minimum Gasteiger partial charge on any atom is -0.370 e. The van der Waals surface area contributed by atoms with E-state index in [0.29, 0.717) is 12.5 Å². The van der Waals surface area contributed by atoms with Gasteiger partial charge in [0.25, 0.3) is 0 Å². The molecule has 0 fully saturated rings. The lowest BCUT2D eigenvalue weighted by atomic mass is 10.1. The van der Waals surface area contributed by atoms with Crippen LogP contribution in [0.5, 0.6) is 0 Å². The monoisotopic (exact) mass is 288 g/mol. The first-order valence-electron chi connectivity index (χ1n) is 6.60. The highest BCUT2D eigenvalue weighted by Crippen LogP contribution is 2.14. The van der Waals surface area contributed by atoms with E-state index in [1.54, 1.807) is 11.3 Å². The quantitative estimate of drug-likeness (QED) is 0.671. The summed E-state index contributed by atoms with van der Waals surface area (Å²) < 4.78 is 0. The maximum Gasteiger partial charge on any atom is 0.193 e. The summed E-state index contributed by atoms with van der Waals surface area (Å²) in [5.41, 5.74) is 9.36. The smallest absolute Gasteiger partial charge is 0.193 e. The number of hydrogen-bond donors (Lipinski definition) is 2. The molecule has 5 heteroatoms. The molecule has 20 heavy (non-hydrogen) atoms. The van der Waals surface area contributed by atoms with Crippen molar-refractivity contribution in [1.82, 2.24) is 4.98 Å². The van der Waals surface area contributed by atoms with Crippen LogP contribution in [0.25, 0.3) is 0 Å². The van der Waals surface area contributed by atoms with Crippen LogP contribution in [0.1, 0.15) is 21.0 Å². The zero-order valence-corrected chi connectivity index (χ0v) is 12.9. The summed E-state index contributed by atoms with van der Waals surface area (Å²) in [5, 5.41) is 4.21. The van der Waals surface area contributed by atoms with Crippen LogP contribution >= 0.6 is 11.3 Å². The molecule has 0 atom stereocenters. The molecule has 0 aliphatic rings. The number of rotatable bonds is 4. The molecule has 0 bridgehead atoms. The van der Waals surface area contributed by atoms with Gasteiger partial charge in [-0.15, -0.1) is 11.3 Å². The van der Waals surface area contributed by atoms with Gasteiger partial charge in [-0.1, -0.05) is 6.07 Å². The third kappa shape index (κ3) is 4.06. The van der Waals surface area contributed by atoms with Gasteiger partial charge in [0, 0.05) is 29.7 Å². The minimum absolute atomic E-state index is 0.446. The SMILES string of the molecule is Cc1cnc(CCN=C(N)Nc2ccc(C)c(C)c2)s1. The predicted molar refractivity (Wildman–Crippen MR) is 86.6 cm³/mol. The lowest BCUT2D eigenvalue weighted by Crippen LogP contribution is -2.23. The summed E-state index contributed by atoms with van der Waals surface area (Å²) in [6.45, 7) is 6.88. The second kappa shape index (κ2) is 6.52. The Hall–Kier alpha value is -1.88. The first-order valence-corrected chi connectivity index (χ1v) is 7.42. The van der Waals surface area contributed by atoms with Crippen LogP contribution in [0.4, 0.5) is 5.69 Å². The Morgan fingerprint density at radius 1 is 1.30 bits per heavy atom. The Labute approximate surface area is 123 Å². The topological polar surface area (TPSA) is 63.3 Å². The van der Waals surface area contributed by atoms with Crippen molar-refractivity contribution in [3.63, 3.8) is 0 Å². The fourth-order valence-electron chi connectivity index (χ4n) is 1.80. The number of hydrogen-bond acceptors (Lipinski definition) is 3. The van der Waals surface area contributed by atoms with Crippen LogP contribution in [0, 0.1) is 20.8 Å². The Morgan fingerprint density at radius 3 is 2.75 bits per heavy atom. The van der Waals surface area contributed by atoms with Gasteiger partial charge in [0.05, 0.1) is 5.01 Å². The van der Waals surface area contributed by atoms with Gasteiger partial charge >= 0.3 is 0 Å². The van der Waals surface area contributed by atoms with Crippen molar-refractivity contribution in [2.24, 2.45) is 10.7 Å². The lowest BCUT2D eigenvalue weighted by Gasteiger charge is -2.07. The van der Waals surface area contributed by atoms with Gasteiger partial charge in [-0.05, 0) is 44.0 Å². The molecule has 0 unspecified atom stereocenters. The summed E-state index contributed by atoms with van der Waals surface area (Å²) in [5.74, 6) is 0.446. The average molecular weight is 288 g/mol. The summed E-state index contributed by atoms with van der Waals surface area (Å²) in [7, 11) is 0. The molecule has 0 saturated carbocycles. The normalized spacial score (nSPS) is 11.7. The van der Waals surface area contributed by atoms with E-state index < -0.39 is 0 Å². The molecular weight excluding hydrogens is 268 g/mol. The predicted octanol–water partition coefficient (Wildman–Crippen LogP) is 3.04. The lowest BCUT2D eigenvalue weighted by molar-refractivity contribution is 0.949. The van der Waals surface area contributed by atoms with Gasteiger partial charge in [-0.25, -0.2) is 4.98 Å². The van der Waals surface area contributed by atoms with E-state index in [1.165, 1.54) is 16.0 Å². The molecule has 1 aromatic heterocycles. The second-order valence-electron chi connectivity index (χ2n) is 4.81. The third-order valence-corrected chi connectivity index (χ3v) is 4.03. The zero-order valence-electron chi connectivity index (χ0n) is 12.1. The van der Waals surface area contributed by atoms with Crippen molar-refractivity contribution in [3.05, 3.63) is 45.4 Å². The molecule has 1 aromatic carbocycles. The van der Waals surface area contributed by atoms with E-state index in [2.05, 4.69) is 48.2 Å². The second-order valence-corrected chi connectivity index (χ2v) is 6.12. The number of thiazole rings is 1. The van der Waals surface area contributed by atoms with Gasteiger partial charge in [-0.3, -0.25) is 4.99 Å². The van der Waals surface area contributed by atoms with Gasteiger partial charge in [0.1, 0.15) is 0 Å². The van der Waals surface area contributed by atoms with Crippen molar-refractivity contribution in [2.45, 2.75) is 27.2 Å². The first kappa shape index (κ1) is 14.5. The number of anilines is 1. The summed E-state index contributed by atoms with van der Waals surface area (Å²) in [6.07, 6.45) is 2.72. The molecule has 0 aliphatic carbocycles. The molecule has 0 radical (unpaired) electrons. The van der Waals surface area contributed by atoms with Crippen LogP contribution < -0.4 is 11.1 Å². The minimum atomic E-state index is 0.446. The van der Waals surface area contributed by atoms with Gasteiger partial charge in [-0.2, -0.15) is 0 Å². The molecule has 3 N–H and O–H groups in total. The molecule has 106 valence electrons. The van der Waals surface area contributed by atoms with Crippen molar-refractivity contribution >= 4 is 23.0 Å². The summed E-state index contributed by atoms with van der Waals surface area (Å²) in [6, 6.07) is 6.15. The van der Waals surface area contributed by atoms with Gasteiger partial charge in [0.2, 0.25) is 0 Å². The molecule has 0 amide bonds. The molecule has 2 aromatic rings. The number of benzene rings is 1. The number of nitrogens with two attached hydrogens (primary N) is 1. The Morgan fingerprint density at radius 2 is 2.10 bits per heavy atom. The third-order valence-electron chi connectivity index (χ3n) is 3.06. The number of nitrogens with zero attached hydrogens (tertiary/aromatic N) is 2. The van der Waals surface area contributed by atoms with Crippen LogP contribution in [-0.4, -0.2) is 17.5 Å². The van der Waals surface area contributed by atoms with E-state index >= 15 is 0 Å². The van der Waals surface area contributed by atoms with Crippen molar-refractivity contribution in [3.8, 4) is 0 Å². The largest absolute Gasteiger partial charge is 0.370 e. The van der Waals surface area contributed by atoms with E-state index in [0.717, 1.165) is 17.1 Å². The van der Waals surface area contributed by atoms with Gasteiger partial charge in [0.15, 0.2) is 5.96 Å². The molecule has 2 rings (SSSR count). The average Bonchev–Trinajstić information content (AvgIpc) is 2.80. The molecule has 0 spiro atoms. The summed E-state index contributed by atoms with van der Waals surface area (Å²) in [4.78, 5) is 9.86. The van der Waals surface area contributed by atoms with Gasteiger partial charge < -0.3 is 11.1 Å². The van der Waals surface area contributed by atoms with E-state index in [4.69, 9.17) is 5.73 Å². The number of aliphatic imine (C=N–C) groups is 1. The van der Waals surface area contributed by atoms with Crippen LogP contribution in [0.2, 0.25) is 0 Å². The highest BCUT2D eigenvalue weighted by molar-refractivity contribution is 7.11. The van der Waals surface area contributed by atoms with Crippen LogP contribution in [-0.2, 0) is 6.42 Å². The number of guanidine groups is 1. The van der Waals surface area contributed by atoms with E-state index in [-0.39, 0.29) is 0 Å². The highest BCUT2D eigenvalue weighted by Gasteiger charge is 2.00. The molecular formula is C15H20N4S. The van der Waals surface area contributed by atoms with E-state index in [1.807, 2.05) is 12.3 Å². The number of aryl methyl sites for hydroxylation is 3. The summed E-state index contributed by atoms with van der Waals surface area (Å²) >= 11 is 1.71. The van der Waals surface area contributed by atoms with Crippen LogP contribution in [0.15, 0.2) is 29.4 Å². The van der Waals surface area contributed by atoms with Crippen LogP contribution in [0.3, 0.4) is 0 Å². The Bertz CT molecular complexity index is 616. The first-order chi connectivity index (χ1) is 9.54. The number of nitrogens with one attached hydrogen (secondary N) is 1. The fraction of sp³-hybridized carbons (Fsp3) is 0.333. The van der Waals surface area contributed by atoms with E-state index in [9.17, 15) is 0 Å². The highest BCUT2D eigenvalue weighted by atomic mass is 32.1. The fourth-order valence-corrected chi connectivity index (χ4v) is 2.57. The maximum absolute atomic E-state index is 5.89. The molecule has 0 aliphatic heterocycles. The van der Waals surface area contributed by atoms with Crippen molar-refractivity contribution < 1.29 is 0 Å². The maximum atomic E-state index is 5.89. The Kier molecular flexibility index (Phi) is 4.74. The molecule has 0 saturated heterocycles. The zero-order chi connectivity index (χ0) is 14.5. The van der Waals surface area contributed by atoms with Crippen molar-refractivity contribution in [1.29, 1.82) is 0 Å². The standard InChI is InChI=1S/C15H20N4S/c1-10-4-5-13(8-11(10)2)19-15(16)17-7-6-14-18-9-12(3)20-14/h4-5,8-9H,6-7H2,1-3H3,(H3,16,17,19). The number of aromatic nitrogens is 1. The molecule has 1 heterocycles. The molecule has 4 nitrogen and oxygen atoms in total. The van der Waals surface area contributed by atoms with Crippen molar-refractivity contribution in [2.75, 3.05) is 11.9 Å².